The molecule has 122 valence electrons. The molecule has 0 atom stereocenters. The third kappa shape index (κ3) is 3.64. The number of aromatic nitrogens is 2. The fraction of sp³-hybridized carbons (Fsp3) is 0.412. The predicted octanol–water partition coefficient (Wildman–Crippen LogP) is 1.46. The number of hydrogen-bond donors (Lipinski definition) is 0. The first kappa shape index (κ1) is 15.4. The molecule has 3 rings (SSSR count). The van der Waals surface area contributed by atoms with Gasteiger partial charge in [-0.1, -0.05) is 17.7 Å². The van der Waals surface area contributed by atoms with Crippen molar-refractivity contribution in [3.8, 4) is 5.75 Å². The SMILES string of the molecule is Cc1ccc(OCC(=O)N2CCN(c3nccn3C)CC2)cc1. The van der Waals surface area contributed by atoms with E-state index in [1.807, 2.05) is 53.9 Å². The molecular formula is C17H22N4O2. The highest BCUT2D eigenvalue weighted by Crippen LogP contribution is 2.14. The largest absolute Gasteiger partial charge is 0.484 e. The van der Waals surface area contributed by atoms with E-state index in [9.17, 15) is 4.79 Å². The molecule has 0 aliphatic carbocycles. The van der Waals surface area contributed by atoms with Crippen molar-refractivity contribution in [3.63, 3.8) is 0 Å². The Hall–Kier alpha value is -2.50. The molecule has 1 fully saturated rings. The summed E-state index contributed by atoms with van der Waals surface area (Å²) in [4.78, 5) is 20.7. The Kier molecular flexibility index (Phi) is 4.50. The lowest BCUT2D eigenvalue weighted by Crippen LogP contribution is -2.50. The zero-order valence-electron chi connectivity index (χ0n) is 13.6. The van der Waals surface area contributed by atoms with Crippen molar-refractivity contribution < 1.29 is 9.53 Å². The van der Waals surface area contributed by atoms with Crippen molar-refractivity contribution in [2.45, 2.75) is 6.92 Å². The van der Waals surface area contributed by atoms with Crippen LogP contribution in [0, 0.1) is 6.92 Å². The number of anilines is 1. The van der Waals surface area contributed by atoms with Gasteiger partial charge in [0.25, 0.3) is 5.91 Å². The van der Waals surface area contributed by atoms with Gasteiger partial charge in [-0.3, -0.25) is 4.79 Å². The van der Waals surface area contributed by atoms with E-state index in [2.05, 4.69) is 9.88 Å². The highest BCUT2D eigenvalue weighted by molar-refractivity contribution is 5.78. The normalized spacial score (nSPS) is 14.9. The Balaban J connectivity index is 1.48. The van der Waals surface area contributed by atoms with E-state index >= 15 is 0 Å². The van der Waals surface area contributed by atoms with Crippen LogP contribution in [-0.4, -0.2) is 53.1 Å². The van der Waals surface area contributed by atoms with Gasteiger partial charge in [0.1, 0.15) is 5.75 Å². The van der Waals surface area contributed by atoms with Gasteiger partial charge in [0, 0.05) is 45.6 Å². The van der Waals surface area contributed by atoms with E-state index in [4.69, 9.17) is 4.74 Å². The number of aryl methyl sites for hydroxylation is 2. The van der Waals surface area contributed by atoms with Gasteiger partial charge in [-0.05, 0) is 19.1 Å². The Bertz CT molecular complexity index is 657. The van der Waals surface area contributed by atoms with Gasteiger partial charge in [-0.25, -0.2) is 4.98 Å². The van der Waals surface area contributed by atoms with Crippen molar-refractivity contribution in [1.82, 2.24) is 14.5 Å². The minimum atomic E-state index is 0.0325. The lowest BCUT2D eigenvalue weighted by atomic mass is 10.2. The monoisotopic (exact) mass is 314 g/mol. The van der Waals surface area contributed by atoms with E-state index in [1.165, 1.54) is 5.56 Å². The van der Waals surface area contributed by atoms with E-state index in [-0.39, 0.29) is 12.5 Å². The summed E-state index contributed by atoms with van der Waals surface area (Å²) in [6, 6.07) is 7.74. The third-order valence-corrected chi connectivity index (χ3v) is 4.09. The van der Waals surface area contributed by atoms with Gasteiger partial charge >= 0.3 is 0 Å². The lowest BCUT2D eigenvalue weighted by molar-refractivity contribution is -0.133. The number of ether oxygens (including phenoxy) is 1. The molecule has 2 aromatic rings. The zero-order valence-corrected chi connectivity index (χ0v) is 13.6. The fourth-order valence-corrected chi connectivity index (χ4v) is 2.69. The molecule has 1 saturated heterocycles. The van der Waals surface area contributed by atoms with Crippen LogP contribution in [0.4, 0.5) is 5.95 Å². The van der Waals surface area contributed by atoms with Crippen molar-refractivity contribution >= 4 is 11.9 Å². The Labute approximate surface area is 136 Å². The second-order valence-electron chi connectivity index (χ2n) is 5.81. The van der Waals surface area contributed by atoms with Gasteiger partial charge in [0.05, 0.1) is 0 Å². The van der Waals surface area contributed by atoms with Gasteiger partial charge < -0.3 is 19.1 Å². The van der Waals surface area contributed by atoms with Crippen LogP contribution in [0.1, 0.15) is 5.56 Å². The third-order valence-electron chi connectivity index (χ3n) is 4.09. The van der Waals surface area contributed by atoms with Crippen LogP contribution in [0.3, 0.4) is 0 Å². The molecule has 1 aliphatic rings. The quantitative estimate of drug-likeness (QED) is 0.857. The van der Waals surface area contributed by atoms with Crippen molar-refractivity contribution in [2.75, 3.05) is 37.7 Å². The second-order valence-corrected chi connectivity index (χ2v) is 5.81. The molecule has 6 nitrogen and oxygen atoms in total. The summed E-state index contributed by atoms with van der Waals surface area (Å²) in [6.07, 6.45) is 3.73. The Morgan fingerprint density at radius 2 is 1.87 bits per heavy atom. The van der Waals surface area contributed by atoms with Crippen molar-refractivity contribution in [2.24, 2.45) is 7.05 Å². The van der Waals surface area contributed by atoms with E-state index in [0.29, 0.717) is 13.1 Å². The highest BCUT2D eigenvalue weighted by atomic mass is 16.5. The molecule has 6 heteroatoms. The number of nitrogens with zero attached hydrogens (tertiary/aromatic N) is 4. The highest BCUT2D eigenvalue weighted by Gasteiger charge is 2.23. The number of carbonyl (C=O) groups excluding carboxylic acids is 1. The summed E-state index contributed by atoms with van der Waals surface area (Å²) in [5, 5.41) is 0. The summed E-state index contributed by atoms with van der Waals surface area (Å²) in [5.74, 6) is 1.72. The maximum absolute atomic E-state index is 12.3. The summed E-state index contributed by atoms with van der Waals surface area (Å²) < 4.78 is 7.57. The molecule has 0 bridgehead atoms. The van der Waals surface area contributed by atoms with Gasteiger partial charge in [0.15, 0.2) is 6.61 Å². The lowest BCUT2D eigenvalue weighted by Gasteiger charge is -2.35. The van der Waals surface area contributed by atoms with Crippen LogP contribution in [0.2, 0.25) is 0 Å². The molecule has 23 heavy (non-hydrogen) atoms. The summed E-state index contributed by atoms with van der Waals surface area (Å²) >= 11 is 0. The second kappa shape index (κ2) is 6.73. The average molecular weight is 314 g/mol. The number of piperazine rings is 1. The number of carbonyl (C=O) groups is 1. The minimum absolute atomic E-state index is 0.0325. The van der Waals surface area contributed by atoms with Crippen molar-refractivity contribution in [3.05, 3.63) is 42.2 Å². The van der Waals surface area contributed by atoms with Crippen LogP contribution in [-0.2, 0) is 11.8 Å². The van der Waals surface area contributed by atoms with Crippen LogP contribution in [0.5, 0.6) is 5.75 Å². The molecule has 0 radical (unpaired) electrons. The minimum Gasteiger partial charge on any atom is -0.484 e. The maximum atomic E-state index is 12.3. The Morgan fingerprint density at radius 3 is 2.48 bits per heavy atom. The first-order valence-electron chi connectivity index (χ1n) is 7.83. The first-order valence-corrected chi connectivity index (χ1v) is 7.83. The number of imidazole rings is 1. The Morgan fingerprint density at radius 1 is 1.17 bits per heavy atom. The summed E-state index contributed by atoms with van der Waals surface area (Å²) in [6.45, 7) is 5.09. The molecule has 1 aromatic carbocycles. The maximum Gasteiger partial charge on any atom is 0.260 e. The first-order chi connectivity index (χ1) is 11.1. The number of amides is 1. The average Bonchev–Trinajstić information content (AvgIpc) is 3.00. The molecule has 1 aromatic heterocycles. The van der Waals surface area contributed by atoms with E-state index in [1.54, 1.807) is 6.20 Å². The zero-order chi connectivity index (χ0) is 16.2. The van der Waals surface area contributed by atoms with Crippen molar-refractivity contribution in [1.29, 1.82) is 0 Å². The van der Waals surface area contributed by atoms with Crippen LogP contribution < -0.4 is 9.64 Å². The van der Waals surface area contributed by atoms with Gasteiger partial charge in [-0.15, -0.1) is 0 Å². The number of rotatable bonds is 4. The molecule has 0 N–H and O–H groups in total. The molecule has 0 saturated carbocycles. The predicted molar refractivity (Wildman–Crippen MR) is 88.7 cm³/mol. The molecule has 0 unspecified atom stereocenters. The number of benzene rings is 1. The number of hydrogen-bond acceptors (Lipinski definition) is 4. The molecule has 2 heterocycles. The van der Waals surface area contributed by atoms with Crippen LogP contribution in [0.25, 0.3) is 0 Å². The molecule has 1 amide bonds. The van der Waals surface area contributed by atoms with E-state index < -0.39 is 0 Å². The summed E-state index contributed by atoms with van der Waals surface area (Å²) in [7, 11) is 1.98. The molecule has 0 spiro atoms. The van der Waals surface area contributed by atoms with E-state index in [0.717, 1.165) is 24.8 Å². The van der Waals surface area contributed by atoms with Gasteiger partial charge in [0.2, 0.25) is 5.95 Å². The smallest absolute Gasteiger partial charge is 0.260 e. The fourth-order valence-electron chi connectivity index (χ4n) is 2.69. The summed E-state index contributed by atoms with van der Waals surface area (Å²) in [5.41, 5.74) is 1.18. The van der Waals surface area contributed by atoms with Crippen LogP contribution in [0.15, 0.2) is 36.7 Å². The topological polar surface area (TPSA) is 50.6 Å². The van der Waals surface area contributed by atoms with Crippen LogP contribution >= 0.6 is 0 Å². The van der Waals surface area contributed by atoms with Gasteiger partial charge in [-0.2, -0.15) is 0 Å². The molecular weight excluding hydrogens is 292 g/mol. The standard InChI is InChI=1S/C17H22N4O2/c1-14-3-5-15(6-4-14)23-13-16(22)20-9-11-21(12-10-20)17-18-7-8-19(17)2/h3-8H,9-13H2,1-2H3. The molecule has 1 aliphatic heterocycles.